The fourth-order valence-electron chi connectivity index (χ4n) is 3.33. The van der Waals surface area contributed by atoms with Crippen molar-refractivity contribution < 1.29 is 9.59 Å². The van der Waals surface area contributed by atoms with Gasteiger partial charge in [0.05, 0.1) is 23.0 Å². The predicted molar refractivity (Wildman–Crippen MR) is 97.4 cm³/mol. The van der Waals surface area contributed by atoms with Gasteiger partial charge in [0.2, 0.25) is 5.91 Å². The molecule has 0 bridgehead atoms. The maximum atomic E-state index is 13.0. The minimum atomic E-state index is -0.0652. The van der Waals surface area contributed by atoms with Crippen LogP contribution in [0.2, 0.25) is 0 Å². The van der Waals surface area contributed by atoms with E-state index in [1.54, 1.807) is 10.9 Å². The molecule has 0 aliphatic carbocycles. The molecule has 0 aromatic carbocycles. The highest BCUT2D eigenvalue weighted by atomic mass is 16.2. The molecule has 1 atom stereocenters. The summed E-state index contributed by atoms with van der Waals surface area (Å²) in [6.07, 6.45) is 5.47. The van der Waals surface area contributed by atoms with Gasteiger partial charge in [-0.15, -0.1) is 0 Å². The highest BCUT2D eigenvalue weighted by Crippen LogP contribution is 2.32. The zero-order valence-corrected chi connectivity index (χ0v) is 15.5. The number of nitrogens with one attached hydrogen (secondary N) is 1. The van der Waals surface area contributed by atoms with Crippen LogP contribution in [0, 0.1) is 6.92 Å². The minimum Gasteiger partial charge on any atom is -0.352 e. The highest BCUT2D eigenvalue weighted by molar-refractivity contribution is 5.95. The molecule has 0 spiro atoms. The second-order valence-corrected chi connectivity index (χ2v) is 6.64. The van der Waals surface area contributed by atoms with Crippen LogP contribution in [0.1, 0.15) is 60.0 Å². The van der Waals surface area contributed by atoms with Crippen molar-refractivity contribution in [1.29, 1.82) is 0 Å². The average molecular weight is 355 g/mol. The van der Waals surface area contributed by atoms with E-state index in [9.17, 15) is 9.59 Å². The van der Waals surface area contributed by atoms with Crippen LogP contribution in [0.3, 0.4) is 0 Å². The van der Waals surface area contributed by atoms with Gasteiger partial charge in [-0.25, -0.2) is 0 Å². The molecule has 1 aliphatic rings. The number of hydrogen-bond donors (Lipinski definition) is 1. The molecular weight excluding hydrogens is 330 g/mol. The molecular formula is C19H25N5O2. The smallest absolute Gasteiger partial charge is 0.257 e. The fourth-order valence-corrected chi connectivity index (χ4v) is 3.33. The van der Waals surface area contributed by atoms with Gasteiger partial charge in [0.15, 0.2) is 0 Å². The lowest BCUT2D eigenvalue weighted by molar-refractivity contribution is -0.119. The summed E-state index contributed by atoms with van der Waals surface area (Å²) in [5.74, 6) is -0.0431. The van der Waals surface area contributed by atoms with Crippen LogP contribution >= 0.6 is 0 Å². The molecule has 1 saturated heterocycles. The van der Waals surface area contributed by atoms with Crippen molar-refractivity contribution in [1.82, 2.24) is 25.0 Å². The van der Waals surface area contributed by atoms with Crippen molar-refractivity contribution in [2.45, 2.75) is 52.7 Å². The average Bonchev–Trinajstić information content (AvgIpc) is 3.26. The Hall–Kier alpha value is -2.70. The Morgan fingerprint density at radius 1 is 1.35 bits per heavy atom. The summed E-state index contributed by atoms with van der Waals surface area (Å²) in [7, 11) is 0. The molecule has 1 unspecified atom stereocenters. The number of amides is 2. The van der Waals surface area contributed by atoms with Crippen LogP contribution in [0.15, 0.2) is 24.5 Å². The lowest BCUT2D eigenvalue weighted by Crippen LogP contribution is -2.31. The Morgan fingerprint density at radius 3 is 2.77 bits per heavy atom. The lowest BCUT2D eigenvalue weighted by Gasteiger charge is -2.24. The van der Waals surface area contributed by atoms with E-state index < -0.39 is 0 Å². The van der Waals surface area contributed by atoms with E-state index in [0.717, 1.165) is 42.9 Å². The van der Waals surface area contributed by atoms with E-state index >= 15 is 0 Å². The third-order valence-corrected chi connectivity index (χ3v) is 4.74. The number of aromatic nitrogens is 3. The van der Waals surface area contributed by atoms with Gasteiger partial charge in [0, 0.05) is 39.0 Å². The molecule has 26 heavy (non-hydrogen) atoms. The van der Waals surface area contributed by atoms with Gasteiger partial charge in [-0.2, -0.15) is 5.10 Å². The standard InChI is InChI=1S/C19H25N5O2/c1-4-23-12-16(13(2)22-23)19(26)24-9-5-6-18(24)17-8-7-15(11-21-17)10-20-14(3)25/h7-8,11-12,18H,4-6,9-10H2,1-3H3,(H,20,25). The van der Waals surface area contributed by atoms with Crippen molar-refractivity contribution in [3.05, 3.63) is 47.0 Å². The van der Waals surface area contributed by atoms with Crippen LogP contribution in [0.25, 0.3) is 0 Å². The second kappa shape index (κ2) is 7.68. The Kier molecular flexibility index (Phi) is 5.35. The number of nitrogens with zero attached hydrogens (tertiary/aromatic N) is 4. The molecule has 0 saturated carbocycles. The van der Waals surface area contributed by atoms with Crippen molar-refractivity contribution in [3.63, 3.8) is 0 Å². The van der Waals surface area contributed by atoms with Gasteiger partial charge in [-0.05, 0) is 38.3 Å². The maximum Gasteiger partial charge on any atom is 0.257 e. The van der Waals surface area contributed by atoms with Crippen molar-refractivity contribution in [2.75, 3.05) is 6.54 Å². The van der Waals surface area contributed by atoms with E-state index in [4.69, 9.17) is 0 Å². The molecule has 3 heterocycles. The summed E-state index contributed by atoms with van der Waals surface area (Å²) in [6, 6.07) is 3.90. The second-order valence-electron chi connectivity index (χ2n) is 6.64. The van der Waals surface area contributed by atoms with E-state index in [1.165, 1.54) is 6.92 Å². The normalized spacial score (nSPS) is 16.7. The summed E-state index contributed by atoms with van der Waals surface area (Å²) in [5, 5.41) is 7.15. The summed E-state index contributed by atoms with van der Waals surface area (Å²) >= 11 is 0. The number of likely N-dealkylation sites (tertiary alicyclic amines) is 1. The molecule has 7 nitrogen and oxygen atoms in total. The Morgan fingerprint density at radius 2 is 2.15 bits per heavy atom. The third kappa shape index (κ3) is 3.76. The monoisotopic (exact) mass is 355 g/mol. The number of hydrogen-bond acceptors (Lipinski definition) is 4. The van der Waals surface area contributed by atoms with E-state index in [0.29, 0.717) is 12.1 Å². The quantitative estimate of drug-likeness (QED) is 0.892. The van der Waals surface area contributed by atoms with Crippen LogP contribution in [0.5, 0.6) is 0 Å². The molecule has 138 valence electrons. The molecule has 7 heteroatoms. The van der Waals surface area contributed by atoms with Gasteiger partial charge in [0.1, 0.15) is 0 Å². The first kappa shape index (κ1) is 18.1. The van der Waals surface area contributed by atoms with Gasteiger partial charge in [0.25, 0.3) is 5.91 Å². The summed E-state index contributed by atoms with van der Waals surface area (Å²) in [6.45, 7) is 7.31. The molecule has 0 radical (unpaired) electrons. The van der Waals surface area contributed by atoms with Crippen LogP contribution < -0.4 is 5.32 Å². The molecule has 2 aromatic rings. The first-order valence-corrected chi connectivity index (χ1v) is 9.04. The largest absolute Gasteiger partial charge is 0.352 e. The molecule has 2 amide bonds. The zero-order chi connectivity index (χ0) is 18.7. The van der Waals surface area contributed by atoms with Crippen molar-refractivity contribution in [3.8, 4) is 0 Å². The molecule has 1 N–H and O–H groups in total. The zero-order valence-electron chi connectivity index (χ0n) is 15.5. The molecule has 1 aliphatic heterocycles. The predicted octanol–water partition coefficient (Wildman–Crippen LogP) is 2.22. The summed E-state index contributed by atoms with van der Waals surface area (Å²) in [4.78, 5) is 30.5. The topological polar surface area (TPSA) is 80.1 Å². The van der Waals surface area contributed by atoms with Crippen LogP contribution in [-0.2, 0) is 17.9 Å². The Labute approximate surface area is 153 Å². The van der Waals surface area contributed by atoms with Gasteiger partial charge < -0.3 is 10.2 Å². The van der Waals surface area contributed by atoms with Gasteiger partial charge in [-0.1, -0.05) is 6.07 Å². The van der Waals surface area contributed by atoms with Gasteiger partial charge in [-0.3, -0.25) is 19.3 Å². The number of aryl methyl sites for hydroxylation is 2. The van der Waals surface area contributed by atoms with Crippen LogP contribution in [-0.4, -0.2) is 38.0 Å². The lowest BCUT2D eigenvalue weighted by atomic mass is 10.1. The summed E-state index contributed by atoms with van der Waals surface area (Å²) in [5.41, 5.74) is 3.27. The Balaban J connectivity index is 1.76. The van der Waals surface area contributed by atoms with E-state index in [1.807, 2.05) is 37.1 Å². The third-order valence-electron chi connectivity index (χ3n) is 4.74. The van der Waals surface area contributed by atoms with E-state index in [-0.39, 0.29) is 17.9 Å². The van der Waals surface area contributed by atoms with Gasteiger partial charge >= 0.3 is 0 Å². The highest BCUT2D eigenvalue weighted by Gasteiger charge is 2.32. The first-order valence-electron chi connectivity index (χ1n) is 9.04. The molecule has 3 rings (SSSR count). The van der Waals surface area contributed by atoms with Crippen molar-refractivity contribution >= 4 is 11.8 Å². The molecule has 1 fully saturated rings. The Bertz CT molecular complexity index is 797. The number of pyridine rings is 1. The van der Waals surface area contributed by atoms with Crippen molar-refractivity contribution in [2.24, 2.45) is 0 Å². The number of carbonyl (C=O) groups is 2. The SMILES string of the molecule is CCn1cc(C(=O)N2CCCC2c2ccc(CNC(C)=O)cn2)c(C)n1. The van der Waals surface area contributed by atoms with E-state index in [2.05, 4.69) is 15.4 Å². The summed E-state index contributed by atoms with van der Waals surface area (Å²) < 4.78 is 1.79. The van der Waals surface area contributed by atoms with Crippen LogP contribution in [0.4, 0.5) is 0 Å². The first-order chi connectivity index (χ1) is 12.5. The maximum absolute atomic E-state index is 13.0. The molecule has 2 aromatic heterocycles. The number of rotatable bonds is 5. The number of carbonyl (C=O) groups excluding carboxylic acids is 2. The fraction of sp³-hybridized carbons (Fsp3) is 0.474. The minimum absolute atomic E-state index is 0.0123.